The van der Waals surface area contributed by atoms with Gasteiger partial charge in [-0.15, -0.1) is 22.7 Å². The van der Waals surface area contributed by atoms with Crippen molar-refractivity contribution in [1.82, 2.24) is 9.55 Å². The molecule has 3 heterocycles. The third-order valence-corrected chi connectivity index (χ3v) is 6.89. The number of thiophene rings is 2. The fourth-order valence-corrected chi connectivity index (χ4v) is 5.43. The number of ketones is 1. The van der Waals surface area contributed by atoms with Gasteiger partial charge >= 0.3 is 0 Å². The van der Waals surface area contributed by atoms with E-state index in [1.165, 1.54) is 11.3 Å². The lowest BCUT2D eigenvalue weighted by Crippen LogP contribution is -1.95. The second-order valence-electron chi connectivity index (χ2n) is 6.72. The summed E-state index contributed by atoms with van der Waals surface area (Å²) < 4.78 is 2.04. The first-order valence-electron chi connectivity index (χ1n) is 9.03. The summed E-state index contributed by atoms with van der Waals surface area (Å²) in [5.41, 5.74) is 2.85. The summed E-state index contributed by atoms with van der Waals surface area (Å²) in [7, 11) is 1.97. The smallest absolute Gasteiger partial charge is 0.194 e. The summed E-state index contributed by atoms with van der Waals surface area (Å²) in [4.78, 5) is 20.6. The van der Waals surface area contributed by atoms with E-state index in [1.807, 2.05) is 47.3 Å². The standard InChI is InChI=1S/C23H12N4OS2/c1-27-18-10-14(30-23(18)26-22(27)19-7-4-8-29-19)9-17-20(13(11-24)12-25)15-5-2-3-6-16(15)21(17)28/h2-10H,1H3/b17-9-. The molecule has 4 aromatic rings. The molecule has 0 spiro atoms. The monoisotopic (exact) mass is 424 g/mol. The van der Waals surface area contributed by atoms with Gasteiger partial charge in [0.05, 0.1) is 10.4 Å². The Balaban J connectivity index is 1.66. The summed E-state index contributed by atoms with van der Waals surface area (Å²) in [6, 6.07) is 17.0. The highest BCUT2D eigenvalue weighted by atomic mass is 32.1. The van der Waals surface area contributed by atoms with E-state index in [9.17, 15) is 15.3 Å². The molecule has 0 N–H and O–H groups in total. The highest BCUT2D eigenvalue weighted by molar-refractivity contribution is 7.19. The topological polar surface area (TPSA) is 82.5 Å². The largest absolute Gasteiger partial charge is 0.326 e. The Morgan fingerprint density at radius 3 is 2.57 bits per heavy atom. The third kappa shape index (κ3) is 2.65. The second kappa shape index (κ2) is 6.93. The zero-order valence-electron chi connectivity index (χ0n) is 15.7. The van der Waals surface area contributed by atoms with Crippen LogP contribution in [0, 0.1) is 22.7 Å². The normalized spacial score (nSPS) is 14.2. The van der Waals surface area contributed by atoms with Gasteiger partial charge in [-0.25, -0.2) is 4.98 Å². The van der Waals surface area contributed by atoms with Crippen LogP contribution in [0.15, 0.2) is 59.0 Å². The summed E-state index contributed by atoms with van der Waals surface area (Å²) in [6.07, 6.45) is 1.77. The minimum Gasteiger partial charge on any atom is -0.326 e. The van der Waals surface area contributed by atoms with Gasteiger partial charge in [-0.05, 0) is 29.2 Å². The average molecular weight is 425 g/mol. The molecule has 1 aliphatic rings. The van der Waals surface area contributed by atoms with Gasteiger partial charge in [-0.3, -0.25) is 4.79 Å². The van der Waals surface area contributed by atoms with Crippen LogP contribution in [-0.2, 0) is 7.05 Å². The molecule has 1 aromatic carbocycles. The molecular weight excluding hydrogens is 412 g/mol. The van der Waals surface area contributed by atoms with Gasteiger partial charge in [0.25, 0.3) is 0 Å². The maximum Gasteiger partial charge on any atom is 0.194 e. The van der Waals surface area contributed by atoms with Crippen molar-refractivity contribution in [3.05, 3.63) is 75.0 Å². The first-order chi connectivity index (χ1) is 14.6. The van der Waals surface area contributed by atoms with Crippen LogP contribution in [0.1, 0.15) is 20.8 Å². The Bertz CT molecular complexity index is 1470. The van der Waals surface area contributed by atoms with Crippen LogP contribution in [0.2, 0.25) is 0 Å². The molecule has 0 saturated carbocycles. The third-order valence-electron chi connectivity index (χ3n) is 5.06. The number of benzene rings is 1. The van der Waals surface area contributed by atoms with Crippen molar-refractivity contribution in [3.63, 3.8) is 0 Å². The zero-order chi connectivity index (χ0) is 20.8. The summed E-state index contributed by atoms with van der Waals surface area (Å²) in [5.74, 6) is 0.736. The molecule has 5 nitrogen and oxygen atoms in total. The maximum atomic E-state index is 13.0. The van der Waals surface area contributed by atoms with Crippen molar-refractivity contribution >= 4 is 50.5 Å². The van der Waals surface area contributed by atoms with Crippen LogP contribution in [0.4, 0.5) is 0 Å². The summed E-state index contributed by atoms with van der Waals surface area (Å²) >= 11 is 3.12. The Morgan fingerprint density at radius 2 is 1.90 bits per heavy atom. The highest BCUT2D eigenvalue weighted by Crippen LogP contribution is 2.41. The number of rotatable bonds is 2. The van der Waals surface area contributed by atoms with Crippen LogP contribution in [0.3, 0.4) is 0 Å². The number of Topliss-reactive ketones (excluding diaryl/α,β-unsaturated/α-hetero) is 1. The fourth-order valence-electron chi connectivity index (χ4n) is 3.68. The number of carbonyl (C=O) groups is 1. The Morgan fingerprint density at radius 1 is 1.13 bits per heavy atom. The van der Waals surface area contributed by atoms with E-state index in [4.69, 9.17) is 4.98 Å². The molecule has 30 heavy (non-hydrogen) atoms. The van der Waals surface area contributed by atoms with Crippen LogP contribution >= 0.6 is 22.7 Å². The molecule has 5 rings (SSSR count). The van der Waals surface area contributed by atoms with Crippen LogP contribution in [-0.4, -0.2) is 15.3 Å². The number of hydrogen-bond acceptors (Lipinski definition) is 6. The predicted molar refractivity (Wildman–Crippen MR) is 119 cm³/mol. The van der Waals surface area contributed by atoms with Gasteiger partial charge < -0.3 is 4.57 Å². The zero-order valence-corrected chi connectivity index (χ0v) is 17.3. The number of nitrogens with zero attached hydrogens (tertiary/aromatic N) is 4. The first kappa shape index (κ1) is 18.3. The van der Waals surface area contributed by atoms with Crippen LogP contribution < -0.4 is 0 Å². The van der Waals surface area contributed by atoms with E-state index in [-0.39, 0.29) is 11.4 Å². The van der Waals surface area contributed by atoms with Gasteiger partial charge in [0.2, 0.25) is 0 Å². The van der Waals surface area contributed by atoms with Gasteiger partial charge in [-0.1, -0.05) is 30.3 Å². The van der Waals surface area contributed by atoms with E-state index in [1.54, 1.807) is 41.7 Å². The van der Waals surface area contributed by atoms with E-state index in [2.05, 4.69) is 0 Å². The molecule has 0 aliphatic heterocycles. The van der Waals surface area contributed by atoms with Crippen molar-refractivity contribution in [2.75, 3.05) is 0 Å². The predicted octanol–water partition coefficient (Wildman–Crippen LogP) is 5.44. The molecule has 0 unspecified atom stereocenters. The lowest BCUT2D eigenvalue weighted by atomic mass is 9.99. The Labute approximate surface area is 180 Å². The van der Waals surface area contributed by atoms with Gasteiger partial charge in [0.1, 0.15) is 22.5 Å². The minimum atomic E-state index is -0.173. The van der Waals surface area contributed by atoms with Gasteiger partial charge in [0, 0.05) is 28.6 Å². The number of fused-ring (bicyclic) bond motifs is 2. The SMILES string of the molecule is Cn1c(-c2cccs2)nc2sc(/C=C3\C(=O)c4ccccc4C3=C(C#N)C#N)cc21. The van der Waals surface area contributed by atoms with Crippen molar-refractivity contribution in [1.29, 1.82) is 10.5 Å². The summed E-state index contributed by atoms with van der Waals surface area (Å²) in [5, 5.41) is 20.9. The molecule has 7 heteroatoms. The maximum absolute atomic E-state index is 13.0. The molecular formula is C23H12N4OS2. The molecule has 0 atom stereocenters. The average Bonchev–Trinajstić information content (AvgIpc) is 3.52. The van der Waals surface area contributed by atoms with Crippen molar-refractivity contribution in [2.45, 2.75) is 0 Å². The van der Waals surface area contributed by atoms with Crippen LogP contribution in [0.5, 0.6) is 0 Å². The lowest BCUT2D eigenvalue weighted by molar-refractivity contribution is 0.104. The Kier molecular flexibility index (Phi) is 4.22. The van der Waals surface area contributed by atoms with Crippen molar-refractivity contribution in [2.24, 2.45) is 7.05 Å². The van der Waals surface area contributed by atoms with E-state index >= 15 is 0 Å². The highest BCUT2D eigenvalue weighted by Gasteiger charge is 2.32. The van der Waals surface area contributed by atoms with Crippen molar-refractivity contribution in [3.8, 4) is 22.8 Å². The minimum absolute atomic E-state index is 0.0567. The number of aryl methyl sites for hydroxylation is 1. The molecule has 1 aliphatic carbocycles. The van der Waals surface area contributed by atoms with E-state index < -0.39 is 0 Å². The van der Waals surface area contributed by atoms with E-state index in [0.717, 1.165) is 25.9 Å². The van der Waals surface area contributed by atoms with Gasteiger partial charge in [-0.2, -0.15) is 10.5 Å². The van der Waals surface area contributed by atoms with E-state index in [0.29, 0.717) is 22.3 Å². The lowest BCUT2D eigenvalue weighted by Gasteiger charge is -2.01. The molecule has 0 amide bonds. The Hall–Kier alpha value is -3.78. The van der Waals surface area contributed by atoms with Gasteiger partial charge in [0.15, 0.2) is 11.6 Å². The number of carbonyl (C=O) groups excluding carboxylic acids is 1. The number of aromatic nitrogens is 2. The molecule has 0 radical (unpaired) electrons. The first-order valence-corrected chi connectivity index (χ1v) is 10.7. The number of allylic oxidation sites excluding steroid dienone is 3. The second-order valence-corrected chi connectivity index (χ2v) is 8.73. The quantitative estimate of drug-likeness (QED) is 0.317. The number of hydrogen-bond donors (Lipinski definition) is 0. The fraction of sp³-hybridized carbons (Fsp3) is 0.0435. The molecule has 3 aromatic heterocycles. The summed E-state index contributed by atoms with van der Waals surface area (Å²) in [6.45, 7) is 0. The molecule has 142 valence electrons. The molecule has 0 fully saturated rings. The number of nitriles is 2. The van der Waals surface area contributed by atoms with Crippen molar-refractivity contribution < 1.29 is 4.79 Å². The number of imidazole rings is 1. The molecule has 0 saturated heterocycles. The molecule has 0 bridgehead atoms. The van der Waals surface area contributed by atoms with Crippen LogP contribution in [0.25, 0.3) is 32.7 Å².